The van der Waals surface area contributed by atoms with E-state index in [4.69, 9.17) is 0 Å². The quantitative estimate of drug-likeness (QED) is 0.778. The predicted octanol–water partition coefficient (Wildman–Crippen LogP) is 3.38. The fourth-order valence-corrected chi connectivity index (χ4v) is 2.34. The van der Waals surface area contributed by atoms with Crippen molar-refractivity contribution >= 4 is 11.8 Å². The summed E-state index contributed by atoms with van der Waals surface area (Å²) in [4.78, 5) is 0.829. The van der Waals surface area contributed by atoms with Crippen LogP contribution in [0.3, 0.4) is 0 Å². The second-order valence-corrected chi connectivity index (χ2v) is 5.11. The van der Waals surface area contributed by atoms with Gasteiger partial charge in [0.2, 0.25) is 0 Å². The van der Waals surface area contributed by atoms with Gasteiger partial charge >= 0.3 is 0 Å². The first-order chi connectivity index (χ1) is 6.52. The molecule has 0 amide bonds. The Hall–Kier alpha value is -0.540. The molecule has 0 aliphatic carbocycles. The van der Waals surface area contributed by atoms with E-state index >= 15 is 0 Å². The largest absolute Gasteiger partial charge is 0.389 e. The molecule has 0 saturated carbocycles. The van der Waals surface area contributed by atoms with E-state index in [0.717, 1.165) is 4.90 Å². The molecule has 78 valence electrons. The summed E-state index contributed by atoms with van der Waals surface area (Å²) in [6.07, 6.45) is -0.752. The molecule has 1 rings (SSSR count). The smallest absolute Gasteiger partial charge is 0.130 e. The number of rotatable bonds is 3. The minimum absolute atomic E-state index is 0.328. The maximum atomic E-state index is 13.4. The summed E-state index contributed by atoms with van der Waals surface area (Å²) in [5.74, 6) is -0.328. The van der Waals surface area contributed by atoms with Crippen LogP contribution < -0.4 is 0 Å². The highest BCUT2D eigenvalue weighted by Crippen LogP contribution is 2.31. The molecular formula is C11H15FOS. The van der Waals surface area contributed by atoms with Gasteiger partial charge in [-0.2, -0.15) is 0 Å². The molecule has 0 spiro atoms. The predicted molar refractivity (Wildman–Crippen MR) is 58.0 cm³/mol. The van der Waals surface area contributed by atoms with E-state index in [9.17, 15) is 9.50 Å². The molecule has 1 atom stereocenters. The van der Waals surface area contributed by atoms with Gasteiger partial charge in [0.1, 0.15) is 5.82 Å². The van der Waals surface area contributed by atoms with Crippen LogP contribution >= 0.6 is 11.8 Å². The Morgan fingerprint density at radius 2 is 1.93 bits per heavy atom. The van der Waals surface area contributed by atoms with Crippen LogP contribution in [0, 0.1) is 5.82 Å². The minimum atomic E-state index is -0.752. The van der Waals surface area contributed by atoms with Crippen LogP contribution in [-0.4, -0.2) is 10.4 Å². The molecule has 3 heteroatoms. The molecule has 0 saturated heterocycles. The second kappa shape index (κ2) is 4.80. The number of halogens is 1. The lowest BCUT2D eigenvalue weighted by Gasteiger charge is -2.13. The van der Waals surface area contributed by atoms with Crippen molar-refractivity contribution < 1.29 is 9.50 Å². The third-order valence-corrected chi connectivity index (χ3v) is 2.87. The molecule has 0 fully saturated rings. The standard InChI is InChI=1S/C11H15FOS/c1-7(2)14-10-6-4-5-9(12)11(10)8(3)13/h4-8,13H,1-3H3. The van der Waals surface area contributed by atoms with E-state index in [1.54, 1.807) is 24.8 Å². The van der Waals surface area contributed by atoms with Crippen molar-refractivity contribution in [3.8, 4) is 0 Å². The van der Waals surface area contributed by atoms with E-state index in [2.05, 4.69) is 0 Å². The van der Waals surface area contributed by atoms with Crippen LogP contribution in [0.4, 0.5) is 4.39 Å². The molecule has 0 heterocycles. The summed E-state index contributed by atoms with van der Waals surface area (Å²) in [6.45, 7) is 5.67. The summed E-state index contributed by atoms with van der Waals surface area (Å²) in [5.41, 5.74) is 0.409. The van der Waals surface area contributed by atoms with Gasteiger partial charge in [-0.25, -0.2) is 4.39 Å². The Bertz CT molecular complexity index is 310. The van der Waals surface area contributed by atoms with Gasteiger partial charge in [0.25, 0.3) is 0 Å². The molecule has 0 aliphatic heterocycles. The molecule has 0 bridgehead atoms. The zero-order valence-corrected chi connectivity index (χ0v) is 9.44. The van der Waals surface area contributed by atoms with Crippen LogP contribution in [-0.2, 0) is 0 Å². The van der Waals surface area contributed by atoms with Crippen LogP contribution in [0.15, 0.2) is 23.1 Å². The Labute approximate surface area is 88.3 Å². The number of aliphatic hydroxyl groups excluding tert-OH is 1. The topological polar surface area (TPSA) is 20.2 Å². The zero-order valence-electron chi connectivity index (χ0n) is 8.62. The van der Waals surface area contributed by atoms with Gasteiger partial charge in [0.05, 0.1) is 6.10 Å². The summed E-state index contributed by atoms with van der Waals surface area (Å²) in [5, 5.41) is 9.83. The van der Waals surface area contributed by atoms with Crippen LogP contribution in [0.25, 0.3) is 0 Å². The SMILES string of the molecule is CC(C)Sc1cccc(F)c1C(C)O. The molecule has 0 radical (unpaired) electrons. The van der Waals surface area contributed by atoms with Crippen molar-refractivity contribution in [2.45, 2.75) is 37.0 Å². The van der Waals surface area contributed by atoms with Crippen LogP contribution in [0.2, 0.25) is 0 Å². The van der Waals surface area contributed by atoms with Crippen molar-refractivity contribution in [2.75, 3.05) is 0 Å². The Morgan fingerprint density at radius 3 is 2.43 bits per heavy atom. The average Bonchev–Trinajstić information content (AvgIpc) is 2.01. The third-order valence-electron chi connectivity index (χ3n) is 1.79. The number of thioether (sulfide) groups is 1. The molecule has 1 nitrogen and oxygen atoms in total. The molecule has 1 unspecified atom stereocenters. The summed E-state index contributed by atoms with van der Waals surface area (Å²) in [7, 11) is 0. The second-order valence-electron chi connectivity index (χ2n) is 3.49. The van der Waals surface area contributed by atoms with E-state index < -0.39 is 6.10 Å². The fraction of sp³-hybridized carbons (Fsp3) is 0.455. The van der Waals surface area contributed by atoms with Gasteiger partial charge in [-0.15, -0.1) is 11.8 Å². The number of aliphatic hydroxyl groups is 1. The Kier molecular flexibility index (Phi) is 3.96. The third kappa shape index (κ3) is 2.72. The number of benzene rings is 1. The van der Waals surface area contributed by atoms with Gasteiger partial charge in [-0.05, 0) is 19.1 Å². The van der Waals surface area contributed by atoms with Gasteiger partial charge in [-0.1, -0.05) is 19.9 Å². The Morgan fingerprint density at radius 1 is 1.29 bits per heavy atom. The average molecular weight is 214 g/mol. The maximum Gasteiger partial charge on any atom is 0.130 e. The first kappa shape index (κ1) is 11.5. The summed E-state index contributed by atoms with van der Waals surface area (Å²) >= 11 is 1.57. The zero-order chi connectivity index (χ0) is 10.7. The molecule has 14 heavy (non-hydrogen) atoms. The lowest BCUT2D eigenvalue weighted by Crippen LogP contribution is -2.00. The van der Waals surface area contributed by atoms with Gasteiger partial charge in [0.15, 0.2) is 0 Å². The van der Waals surface area contributed by atoms with Gasteiger partial charge < -0.3 is 5.11 Å². The van der Waals surface area contributed by atoms with Gasteiger partial charge in [-0.3, -0.25) is 0 Å². The van der Waals surface area contributed by atoms with Gasteiger partial charge in [0, 0.05) is 15.7 Å². The summed E-state index contributed by atoms with van der Waals surface area (Å²) < 4.78 is 13.4. The number of hydrogen-bond donors (Lipinski definition) is 1. The monoisotopic (exact) mass is 214 g/mol. The number of hydrogen-bond acceptors (Lipinski definition) is 2. The Balaban J connectivity index is 3.08. The first-order valence-electron chi connectivity index (χ1n) is 4.65. The van der Waals surface area contributed by atoms with Crippen molar-refractivity contribution in [2.24, 2.45) is 0 Å². The van der Waals surface area contributed by atoms with Crippen LogP contribution in [0.1, 0.15) is 32.4 Å². The highest BCUT2D eigenvalue weighted by Gasteiger charge is 2.14. The molecule has 0 aromatic heterocycles. The van der Waals surface area contributed by atoms with E-state index in [0.29, 0.717) is 10.8 Å². The molecular weight excluding hydrogens is 199 g/mol. The van der Waals surface area contributed by atoms with E-state index in [1.807, 2.05) is 19.9 Å². The summed E-state index contributed by atoms with van der Waals surface area (Å²) in [6, 6.07) is 4.90. The first-order valence-corrected chi connectivity index (χ1v) is 5.53. The van der Waals surface area contributed by atoms with Crippen molar-refractivity contribution in [3.05, 3.63) is 29.6 Å². The highest BCUT2D eigenvalue weighted by molar-refractivity contribution is 8.00. The van der Waals surface area contributed by atoms with Crippen molar-refractivity contribution in [1.29, 1.82) is 0 Å². The lowest BCUT2D eigenvalue weighted by molar-refractivity contribution is 0.191. The molecule has 1 aromatic carbocycles. The van der Waals surface area contributed by atoms with E-state index in [-0.39, 0.29) is 5.82 Å². The maximum absolute atomic E-state index is 13.4. The van der Waals surface area contributed by atoms with E-state index in [1.165, 1.54) is 6.07 Å². The van der Waals surface area contributed by atoms with Crippen LogP contribution in [0.5, 0.6) is 0 Å². The normalized spacial score (nSPS) is 13.3. The minimum Gasteiger partial charge on any atom is -0.389 e. The highest BCUT2D eigenvalue weighted by atomic mass is 32.2. The van der Waals surface area contributed by atoms with Crippen molar-refractivity contribution in [1.82, 2.24) is 0 Å². The molecule has 1 aromatic rings. The molecule has 1 N–H and O–H groups in total. The fourth-order valence-electron chi connectivity index (χ4n) is 1.28. The molecule has 0 aliphatic rings. The lowest BCUT2D eigenvalue weighted by atomic mass is 10.1. The van der Waals surface area contributed by atoms with Crippen molar-refractivity contribution in [3.63, 3.8) is 0 Å².